The molecule has 0 spiro atoms. The van der Waals surface area contributed by atoms with Crippen molar-refractivity contribution in [2.45, 2.75) is 18.4 Å². The number of carbonyl (C=O) groups excluding carboxylic acids is 2. The standard InChI is InChI=1S/C28H25ClN4O4S/c1-20-8-14-24(15-9-20)38(36,37)33(23-12-10-22(29)11-13-23)19-27(34)32-26-7-3-2-6-25(26)28(35)31-18-21-5-4-16-30-17-21/h2-17H,18-19H2,1H3,(H,31,35)(H,32,34). The lowest BCUT2D eigenvalue weighted by Crippen LogP contribution is -2.38. The third-order valence-electron chi connectivity index (χ3n) is 5.63. The molecule has 0 saturated heterocycles. The van der Waals surface area contributed by atoms with Gasteiger partial charge >= 0.3 is 0 Å². The second-order valence-corrected chi connectivity index (χ2v) is 10.7. The fraction of sp³-hybridized carbons (Fsp3) is 0.107. The van der Waals surface area contributed by atoms with E-state index in [1.54, 1.807) is 67.0 Å². The summed E-state index contributed by atoms with van der Waals surface area (Å²) < 4.78 is 28.1. The zero-order valence-corrected chi connectivity index (χ0v) is 22.0. The van der Waals surface area contributed by atoms with Gasteiger partial charge in [-0.1, -0.05) is 47.5 Å². The van der Waals surface area contributed by atoms with E-state index in [4.69, 9.17) is 11.6 Å². The van der Waals surface area contributed by atoms with Crippen molar-refractivity contribution < 1.29 is 18.0 Å². The molecule has 0 atom stereocenters. The Labute approximate surface area is 226 Å². The molecule has 10 heteroatoms. The fourth-order valence-corrected chi connectivity index (χ4v) is 5.20. The minimum Gasteiger partial charge on any atom is -0.348 e. The number of aromatic nitrogens is 1. The number of anilines is 2. The van der Waals surface area contributed by atoms with E-state index in [9.17, 15) is 18.0 Å². The largest absolute Gasteiger partial charge is 0.348 e. The summed E-state index contributed by atoms with van der Waals surface area (Å²) in [5, 5.41) is 5.92. The third-order valence-corrected chi connectivity index (χ3v) is 7.67. The molecule has 38 heavy (non-hydrogen) atoms. The zero-order chi connectivity index (χ0) is 27.1. The Balaban J connectivity index is 1.56. The van der Waals surface area contributed by atoms with E-state index in [0.717, 1.165) is 15.4 Å². The molecule has 0 aliphatic carbocycles. The predicted molar refractivity (Wildman–Crippen MR) is 148 cm³/mol. The molecular formula is C28H25ClN4O4S. The topological polar surface area (TPSA) is 108 Å². The zero-order valence-electron chi connectivity index (χ0n) is 20.5. The lowest BCUT2D eigenvalue weighted by atomic mass is 10.1. The van der Waals surface area contributed by atoms with Crippen LogP contribution in [0.4, 0.5) is 11.4 Å². The van der Waals surface area contributed by atoms with Crippen molar-refractivity contribution in [3.05, 3.63) is 119 Å². The van der Waals surface area contributed by atoms with Crippen LogP contribution < -0.4 is 14.9 Å². The Morgan fingerprint density at radius 2 is 1.63 bits per heavy atom. The van der Waals surface area contributed by atoms with Crippen molar-refractivity contribution in [2.24, 2.45) is 0 Å². The average Bonchev–Trinajstić information content (AvgIpc) is 2.92. The summed E-state index contributed by atoms with van der Waals surface area (Å²) in [5.74, 6) is -1.02. The van der Waals surface area contributed by atoms with Gasteiger partial charge in [0.25, 0.3) is 15.9 Å². The number of aryl methyl sites for hydroxylation is 1. The molecule has 0 fully saturated rings. The van der Waals surface area contributed by atoms with Crippen LogP contribution in [0.25, 0.3) is 0 Å². The highest BCUT2D eigenvalue weighted by Gasteiger charge is 2.27. The molecule has 3 aromatic carbocycles. The molecule has 194 valence electrons. The molecule has 8 nitrogen and oxygen atoms in total. The summed E-state index contributed by atoms with van der Waals surface area (Å²) in [6, 6.07) is 22.6. The summed E-state index contributed by atoms with van der Waals surface area (Å²) in [4.78, 5) is 30.1. The number of sulfonamides is 1. The number of amides is 2. The Bertz CT molecular complexity index is 1530. The first-order valence-electron chi connectivity index (χ1n) is 11.6. The number of rotatable bonds is 9. The lowest BCUT2D eigenvalue weighted by molar-refractivity contribution is -0.114. The van der Waals surface area contributed by atoms with Crippen LogP contribution in [0.15, 0.2) is 102 Å². The van der Waals surface area contributed by atoms with Crippen LogP contribution in [0.3, 0.4) is 0 Å². The molecule has 0 saturated carbocycles. The molecule has 0 radical (unpaired) electrons. The third kappa shape index (κ3) is 6.56. The highest BCUT2D eigenvalue weighted by Crippen LogP contribution is 2.26. The molecule has 0 aliphatic rings. The van der Waals surface area contributed by atoms with E-state index in [-0.39, 0.29) is 28.4 Å². The van der Waals surface area contributed by atoms with Crippen molar-refractivity contribution in [1.82, 2.24) is 10.3 Å². The van der Waals surface area contributed by atoms with Gasteiger partial charge in [-0.15, -0.1) is 0 Å². The van der Waals surface area contributed by atoms with Gasteiger partial charge in [0, 0.05) is 24.0 Å². The van der Waals surface area contributed by atoms with Crippen molar-refractivity contribution in [2.75, 3.05) is 16.2 Å². The van der Waals surface area contributed by atoms with Gasteiger partial charge in [-0.2, -0.15) is 0 Å². The van der Waals surface area contributed by atoms with Crippen LogP contribution in [0.1, 0.15) is 21.5 Å². The van der Waals surface area contributed by atoms with Crippen molar-refractivity contribution >= 4 is 44.8 Å². The normalized spacial score (nSPS) is 11.0. The molecule has 0 aliphatic heterocycles. The van der Waals surface area contributed by atoms with Gasteiger partial charge < -0.3 is 10.6 Å². The van der Waals surface area contributed by atoms with Crippen molar-refractivity contribution in [1.29, 1.82) is 0 Å². The second-order valence-electron chi connectivity index (χ2n) is 8.44. The molecule has 4 aromatic rings. The van der Waals surface area contributed by atoms with Gasteiger partial charge in [0.15, 0.2) is 0 Å². The van der Waals surface area contributed by atoms with Crippen LogP contribution in [0.2, 0.25) is 5.02 Å². The Kier molecular flexibility index (Phi) is 8.40. The van der Waals surface area contributed by atoms with E-state index >= 15 is 0 Å². The van der Waals surface area contributed by atoms with Crippen molar-refractivity contribution in [3.63, 3.8) is 0 Å². The Hall–Kier alpha value is -4.21. The van der Waals surface area contributed by atoms with Crippen LogP contribution in [-0.4, -0.2) is 31.8 Å². The molecule has 2 amide bonds. The van der Waals surface area contributed by atoms with Crippen LogP contribution in [0, 0.1) is 6.92 Å². The van der Waals surface area contributed by atoms with E-state index in [0.29, 0.717) is 5.02 Å². The summed E-state index contributed by atoms with van der Waals surface area (Å²) in [6.45, 7) is 1.59. The van der Waals surface area contributed by atoms with Gasteiger partial charge in [0.1, 0.15) is 6.54 Å². The van der Waals surface area contributed by atoms with Gasteiger partial charge in [0.05, 0.1) is 21.8 Å². The Morgan fingerprint density at radius 1 is 0.921 bits per heavy atom. The number of hydrogen-bond acceptors (Lipinski definition) is 5. The summed E-state index contributed by atoms with van der Waals surface area (Å²) in [7, 11) is -4.09. The van der Waals surface area contributed by atoms with Gasteiger partial charge in [-0.05, 0) is 67.1 Å². The first kappa shape index (κ1) is 26.8. The minimum atomic E-state index is -4.09. The molecule has 1 aromatic heterocycles. The van der Waals surface area contributed by atoms with Gasteiger partial charge in [-0.3, -0.25) is 18.9 Å². The number of pyridine rings is 1. The van der Waals surface area contributed by atoms with E-state index < -0.39 is 28.4 Å². The van der Waals surface area contributed by atoms with Crippen molar-refractivity contribution in [3.8, 4) is 0 Å². The van der Waals surface area contributed by atoms with Gasteiger partial charge in [-0.25, -0.2) is 8.42 Å². The van der Waals surface area contributed by atoms with Crippen LogP contribution in [0.5, 0.6) is 0 Å². The maximum Gasteiger partial charge on any atom is 0.264 e. The van der Waals surface area contributed by atoms with Gasteiger partial charge in [0.2, 0.25) is 5.91 Å². The molecule has 4 rings (SSSR count). The fourth-order valence-electron chi connectivity index (χ4n) is 3.65. The first-order chi connectivity index (χ1) is 18.2. The number of carbonyl (C=O) groups is 2. The number of para-hydroxylation sites is 1. The number of nitrogens with one attached hydrogen (secondary N) is 2. The number of benzene rings is 3. The van der Waals surface area contributed by atoms with Crippen LogP contribution >= 0.6 is 11.6 Å². The maximum atomic E-state index is 13.6. The average molecular weight is 549 g/mol. The number of nitrogens with zero attached hydrogens (tertiary/aromatic N) is 2. The van der Waals surface area contributed by atoms with E-state index in [2.05, 4.69) is 15.6 Å². The number of hydrogen-bond donors (Lipinski definition) is 2. The monoisotopic (exact) mass is 548 g/mol. The van der Waals surface area contributed by atoms with E-state index in [1.807, 2.05) is 13.0 Å². The maximum absolute atomic E-state index is 13.6. The summed E-state index contributed by atoms with van der Waals surface area (Å²) in [5.41, 5.74) is 2.49. The molecule has 2 N–H and O–H groups in total. The highest BCUT2D eigenvalue weighted by molar-refractivity contribution is 7.92. The Morgan fingerprint density at radius 3 is 2.32 bits per heavy atom. The lowest BCUT2D eigenvalue weighted by Gasteiger charge is -2.24. The highest BCUT2D eigenvalue weighted by atomic mass is 35.5. The van der Waals surface area contributed by atoms with Crippen LogP contribution in [-0.2, 0) is 21.4 Å². The number of halogens is 1. The quantitative estimate of drug-likeness (QED) is 0.312. The summed E-state index contributed by atoms with van der Waals surface area (Å²) >= 11 is 6.00. The molecular weight excluding hydrogens is 524 g/mol. The SMILES string of the molecule is Cc1ccc(S(=O)(=O)N(CC(=O)Nc2ccccc2C(=O)NCc2cccnc2)c2ccc(Cl)cc2)cc1. The predicted octanol–water partition coefficient (Wildman–Crippen LogP) is 4.81. The summed E-state index contributed by atoms with van der Waals surface area (Å²) in [6.07, 6.45) is 3.29. The minimum absolute atomic E-state index is 0.0426. The first-order valence-corrected chi connectivity index (χ1v) is 13.5. The van der Waals surface area contributed by atoms with E-state index in [1.165, 1.54) is 24.3 Å². The molecule has 0 bridgehead atoms. The second kappa shape index (κ2) is 11.9. The molecule has 1 heterocycles. The molecule has 0 unspecified atom stereocenters. The smallest absolute Gasteiger partial charge is 0.264 e.